The molecule has 7 nitrogen and oxygen atoms in total. The van der Waals surface area contributed by atoms with Gasteiger partial charge in [-0.2, -0.15) is 0 Å². The van der Waals surface area contributed by atoms with Gasteiger partial charge in [0.1, 0.15) is 11.6 Å². The number of aliphatic hydroxyl groups excluding tert-OH is 1. The summed E-state index contributed by atoms with van der Waals surface area (Å²) in [4.78, 5) is 11.6. The Bertz CT molecular complexity index is 891. The Hall–Kier alpha value is -2.52. The monoisotopic (exact) mass is 476 g/mol. The van der Waals surface area contributed by atoms with Gasteiger partial charge in [0.15, 0.2) is 0 Å². The summed E-state index contributed by atoms with van der Waals surface area (Å²) in [7, 11) is 1.64. The number of nitrogens with two attached hydrogens (primary N) is 2. The molecule has 0 saturated carbocycles. The summed E-state index contributed by atoms with van der Waals surface area (Å²) in [5.74, 6) is -0.513. The molecule has 0 aliphatic carbocycles. The van der Waals surface area contributed by atoms with Crippen molar-refractivity contribution in [2.24, 2.45) is 23.3 Å². The minimum absolute atomic E-state index is 0.0159. The molecule has 188 valence electrons. The number of primary amides is 1. The number of amides is 1. The first-order chi connectivity index (χ1) is 16.2. The first-order valence-electron chi connectivity index (χ1n) is 11.5. The maximum atomic E-state index is 13.4. The molecule has 2 aromatic carbocycles. The largest absolute Gasteiger partial charge is 0.493 e. The Labute approximate surface area is 201 Å². The smallest absolute Gasteiger partial charge is 0.220 e. The summed E-state index contributed by atoms with van der Waals surface area (Å²) < 4.78 is 30.1. The Morgan fingerprint density at radius 2 is 1.82 bits per heavy atom. The molecule has 0 saturated heterocycles. The Kier molecular flexibility index (Phi) is 11.4. The second-order valence-corrected chi connectivity index (χ2v) is 8.77. The summed E-state index contributed by atoms with van der Waals surface area (Å²) in [6.07, 6.45) is 0.0270. The number of ether oxygens (including phenoxy) is 3. The van der Waals surface area contributed by atoms with E-state index in [1.807, 2.05) is 32.0 Å². The van der Waals surface area contributed by atoms with E-state index in [-0.39, 0.29) is 31.4 Å². The van der Waals surface area contributed by atoms with E-state index in [4.69, 9.17) is 25.7 Å². The highest BCUT2D eigenvalue weighted by atomic mass is 19.1. The lowest BCUT2D eigenvalue weighted by Crippen LogP contribution is -2.42. The third-order valence-corrected chi connectivity index (χ3v) is 5.69. The van der Waals surface area contributed by atoms with Crippen molar-refractivity contribution in [2.45, 2.75) is 45.4 Å². The molecule has 3 atom stereocenters. The summed E-state index contributed by atoms with van der Waals surface area (Å²) >= 11 is 0. The molecule has 0 bridgehead atoms. The van der Waals surface area contributed by atoms with Crippen molar-refractivity contribution in [2.75, 3.05) is 26.9 Å². The highest BCUT2D eigenvalue weighted by Crippen LogP contribution is 2.32. The first-order valence-corrected chi connectivity index (χ1v) is 11.5. The van der Waals surface area contributed by atoms with E-state index < -0.39 is 24.0 Å². The van der Waals surface area contributed by atoms with E-state index >= 15 is 0 Å². The van der Waals surface area contributed by atoms with Crippen molar-refractivity contribution in [3.05, 3.63) is 53.8 Å². The van der Waals surface area contributed by atoms with Crippen LogP contribution in [0.1, 0.15) is 32.3 Å². The van der Waals surface area contributed by atoms with Gasteiger partial charge in [-0.05, 0) is 41.7 Å². The number of benzene rings is 2. The number of carbonyl (C=O) groups excluding carboxylic acids is 1. The number of hydrogen-bond donors (Lipinski definition) is 3. The Morgan fingerprint density at radius 3 is 2.44 bits per heavy atom. The maximum Gasteiger partial charge on any atom is 0.220 e. The molecule has 5 N–H and O–H groups in total. The average Bonchev–Trinajstić information content (AvgIpc) is 2.80. The molecule has 0 spiro atoms. The fraction of sp³-hybridized carbons (Fsp3) is 0.500. The van der Waals surface area contributed by atoms with Gasteiger partial charge in [0.2, 0.25) is 5.91 Å². The van der Waals surface area contributed by atoms with Crippen molar-refractivity contribution < 1.29 is 28.5 Å². The minimum atomic E-state index is -0.902. The van der Waals surface area contributed by atoms with Crippen LogP contribution in [0, 0.1) is 17.7 Å². The van der Waals surface area contributed by atoms with Gasteiger partial charge in [0.25, 0.3) is 0 Å². The van der Waals surface area contributed by atoms with Gasteiger partial charge in [0, 0.05) is 31.6 Å². The molecule has 34 heavy (non-hydrogen) atoms. The first kappa shape index (κ1) is 27.7. The SMILES string of the molecule is COCCCOc1cc(COC[C@H](N)[C@@H](O)C[C@H](C(N)=O)C(C)C)ccc1-c1ccc(F)cc1. The van der Waals surface area contributed by atoms with Crippen LogP contribution in [0.25, 0.3) is 11.1 Å². The lowest BCUT2D eigenvalue weighted by molar-refractivity contribution is -0.124. The molecule has 2 aromatic rings. The molecular formula is C26H37FN2O5. The van der Waals surface area contributed by atoms with Crippen LogP contribution in [0.5, 0.6) is 5.75 Å². The van der Waals surface area contributed by atoms with Crippen LogP contribution < -0.4 is 16.2 Å². The third kappa shape index (κ3) is 8.68. The summed E-state index contributed by atoms with van der Waals surface area (Å²) in [6, 6.07) is 11.3. The third-order valence-electron chi connectivity index (χ3n) is 5.69. The van der Waals surface area contributed by atoms with Gasteiger partial charge >= 0.3 is 0 Å². The van der Waals surface area contributed by atoms with E-state index in [2.05, 4.69) is 0 Å². The molecule has 0 unspecified atom stereocenters. The van der Waals surface area contributed by atoms with Crippen LogP contribution in [0.4, 0.5) is 4.39 Å². The van der Waals surface area contributed by atoms with Gasteiger partial charge in [-0.25, -0.2) is 4.39 Å². The van der Waals surface area contributed by atoms with E-state index in [1.54, 1.807) is 19.2 Å². The normalized spacial score (nSPS) is 14.1. The zero-order chi connectivity index (χ0) is 25.1. The molecule has 0 radical (unpaired) electrons. The van der Waals surface area contributed by atoms with Crippen LogP contribution >= 0.6 is 0 Å². The lowest BCUT2D eigenvalue weighted by atomic mass is 9.88. The van der Waals surface area contributed by atoms with Crippen molar-refractivity contribution in [3.63, 3.8) is 0 Å². The zero-order valence-corrected chi connectivity index (χ0v) is 20.2. The summed E-state index contributed by atoms with van der Waals surface area (Å²) in [5.41, 5.74) is 14.1. The topological polar surface area (TPSA) is 117 Å². The minimum Gasteiger partial charge on any atom is -0.493 e. The van der Waals surface area contributed by atoms with Crippen molar-refractivity contribution in [3.8, 4) is 16.9 Å². The highest BCUT2D eigenvalue weighted by molar-refractivity contribution is 5.76. The second-order valence-electron chi connectivity index (χ2n) is 8.77. The van der Waals surface area contributed by atoms with Crippen molar-refractivity contribution in [1.29, 1.82) is 0 Å². The van der Waals surface area contributed by atoms with Gasteiger partial charge in [-0.3, -0.25) is 4.79 Å². The highest BCUT2D eigenvalue weighted by Gasteiger charge is 2.26. The molecule has 0 aliphatic heterocycles. The lowest BCUT2D eigenvalue weighted by Gasteiger charge is -2.24. The number of carbonyl (C=O) groups is 1. The number of methoxy groups -OCH3 is 1. The summed E-state index contributed by atoms with van der Waals surface area (Å²) in [6.45, 7) is 5.21. The van der Waals surface area contributed by atoms with E-state index in [0.29, 0.717) is 19.0 Å². The van der Waals surface area contributed by atoms with Crippen LogP contribution in [0.15, 0.2) is 42.5 Å². The Balaban J connectivity index is 2.01. The number of halogens is 1. The molecule has 0 aliphatic rings. The molecule has 1 amide bonds. The van der Waals surface area contributed by atoms with E-state index in [0.717, 1.165) is 23.1 Å². The van der Waals surface area contributed by atoms with Crippen molar-refractivity contribution in [1.82, 2.24) is 0 Å². The fourth-order valence-corrected chi connectivity index (χ4v) is 3.61. The molecule has 0 fully saturated rings. The van der Waals surface area contributed by atoms with Crippen LogP contribution in [0.3, 0.4) is 0 Å². The van der Waals surface area contributed by atoms with Gasteiger partial charge in [-0.1, -0.05) is 38.1 Å². The van der Waals surface area contributed by atoms with Gasteiger partial charge in [-0.15, -0.1) is 0 Å². The second kappa shape index (κ2) is 14.0. The maximum absolute atomic E-state index is 13.4. The average molecular weight is 477 g/mol. The quantitative estimate of drug-likeness (QED) is 0.340. The van der Waals surface area contributed by atoms with Crippen molar-refractivity contribution >= 4 is 5.91 Å². The number of rotatable bonds is 15. The standard InChI is InChI=1S/C26H37FN2O5/c1-17(2)22(26(29)31)14-24(30)23(28)16-33-15-18-5-10-21(19-6-8-20(27)9-7-19)25(13-18)34-12-4-11-32-3/h5-10,13,17,22-24,30H,4,11-12,14-16,28H2,1-3H3,(H2,29,31)/t22-,23-,24-/m0/s1. The van der Waals surface area contributed by atoms with Crippen LogP contribution in [-0.2, 0) is 20.9 Å². The van der Waals surface area contributed by atoms with E-state index in [9.17, 15) is 14.3 Å². The molecule has 2 rings (SSSR count). The predicted molar refractivity (Wildman–Crippen MR) is 130 cm³/mol. The molecule has 0 heterocycles. The van der Waals surface area contributed by atoms with Crippen LogP contribution in [0.2, 0.25) is 0 Å². The van der Waals surface area contributed by atoms with E-state index in [1.165, 1.54) is 12.1 Å². The van der Waals surface area contributed by atoms with Gasteiger partial charge in [0.05, 0.1) is 32.0 Å². The number of aliphatic hydroxyl groups is 1. The van der Waals surface area contributed by atoms with Crippen LogP contribution in [-0.4, -0.2) is 50.1 Å². The molecule has 0 aromatic heterocycles. The molecule has 8 heteroatoms. The molecular weight excluding hydrogens is 439 g/mol. The fourth-order valence-electron chi connectivity index (χ4n) is 3.61. The predicted octanol–water partition coefficient (Wildman–Crippen LogP) is 3.26. The number of hydrogen-bond acceptors (Lipinski definition) is 6. The van der Waals surface area contributed by atoms with Gasteiger partial charge < -0.3 is 30.8 Å². The Morgan fingerprint density at radius 1 is 1.12 bits per heavy atom. The summed E-state index contributed by atoms with van der Waals surface area (Å²) in [5, 5.41) is 10.4. The zero-order valence-electron chi connectivity index (χ0n) is 20.2.